The third kappa shape index (κ3) is 3.32. The number of nitrogens with zero attached hydrogens (tertiary/aromatic N) is 3. The zero-order valence-corrected chi connectivity index (χ0v) is 11.4. The van der Waals surface area contributed by atoms with E-state index >= 15 is 0 Å². The largest absolute Gasteiger partial charge is 0.356 e. The first-order valence-corrected chi connectivity index (χ1v) is 6.49. The highest BCUT2D eigenvalue weighted by atomic mass is 19.1. The Morgan fingerprint density at radius 2 is 1.91 bits per heavy atom. The molecule has 6 nitrogen and oxygen atoms in total. The van der Waals surface area contributed by atoms with E-state index in [2.05, 4.69) is 20.4 Å². The highest BCUT2D eigenvalue weighted by molar-refractivity contribution is 5.90. The molecule has 3 aromatic rings. The van der Waals surface area contributed by atoms with Crippen LogP contribution in [-0.4, -0.2) is 21.0 Å². The van der Waals surface area contributed by atoms with Crippen molar-refractivity contribution in [2.75, 3.05) is 5.32 Å². The van der Waals surface area contributed by atoms with Crippen LogP contribution in [0.3, 0.4) is 0 Å². The van der Waals surface area contributed by atoms with Crippen LogP contribution >= 0.6 is 0 Å². The van der Waals surface area contributed by atoms with Gasteiger partial charge in [0.25, 0.3) is 0 Å². The second-order valence-electron chi connectivity index (χ2n) is 4.49. The second-order valence-corrected chi connectivity index (χ2v) is 4.49. The highest BCUT2D eigenvalue weighted by Gasteiger charge is 2.11. The number of amides is 1. The third-order valence-corrected chi connectivity index (χ3v) is 2.85. The van der Waals surface area contributed by atoms with Gasteiger partial charge in [-0.3, -0.25) is 10.1 Å². The Kier molecular flexibility index (Phi) is 3.86. The molecule has 2 heterocycles. The summed E-state index contributed by atoms with van der Waals surface area (Å²) in [6.45, 7) is 0. The normalized spacial score (nSPS) is 10.4. The van der Waals surface area contributed by atoms with Gasteiger partial charge in [-0.05, 0) is 30.3 Å². The number of hydrogen-bond donors (Lipinski definition) is 1. The summed E-state index contributed by atoms with van der Waals surface area (Å²) in [5, 5.41) is 6.38. The first-order chi connectivity index (χ1) is 10.7. The van der Waals surface area contributed by atoms with Gasteiger partial charge in [-0.2, -0.15) is 0 Å². The molecule has 0 bridgehead atoms. The van der Waals surface area contributed by atoms with Crippen molar-refractivity contribution < 1.29 is 13.7 Å². The van der Waals surface area contributed by atoms with Crippen LogP contribution in [-0.2, 0) is 11.2 Å². The van der Waals surface area contributed by atoms with Crippen LogP contribution in [0.1, 0.15) is 5.69 Å². The Hall–Kier alpha value is -3.09. The Balaban J connectivity index is 1.66. The number of benzene rings is 1. The lowest BCUT2D eigenvalue weighted by Crippen LogP contribution is -2.16. The molecule has 3 rings (SSSR count). The predicted molar refractivity (Wildman–Crippen MR) is 76.3 cm³/mol. The van der Waals surface area contributed by atoms with Gasteiger partial charge in [-0.25, -0.2) is 14.4 Å². The lowest BCUT2D eigenvalue weighted by molar-refractivity contribution is -0.115. The van der Waals surface area contributed by atoms with E-state index in [1.807, 2.05) is 0 Å². The summed E-state index contributed by atoms with van der Waals surface area (Å²) in [5.74, 6) is 0.0735. The van der Waals surface area contributed by atoms with Crippen molar-refractivity contribution in [2.45, 2.75) is 6.42 Å². The number of hydrogen-bond acceptors (Lipinski definition) is 5. The third-order valence-electron chi connectivity index (χ3n) is 2.85. The molecule has 1 N–H and O–H groups in total. The predicted octanol–water partition coefficient (Wildman–Crippen LogP) is 2.45. The standard InChI is InChI=1S/C15H11FN4O2/c16-11-4-2-10(3-5-11)13-8-12(20-22-13)9-14(21)19-15-17-6-1-7-18-15/h1-8H,9H2,(H,17,18,19,21). The number of anilines is 1. The number of carbonyl (C=O) groups excluding carboxylic acids is 1. The van der Waals surface area contributed by atoms with E-state index in [-0.39, 0.29) is 24.1 Å². The molecule has 110 valence electrons. The lowest BCUT2D eigenvalue weighted by atomic mass is 10.1. The molecule has 0 saturated heterocycles. The number of aromatic nitrogens is 3. The highest BCUT2D eigenvalue weighted by Crippen LogP contribution is 2.20. The van der Waals surface area contributed by atoms with Crippen LogP contribution in [0.25, 0.3) is 11.3 Å². The van der Waals surface area contributed by atoms with E-state index in [4.69, 9.17) is 4.52 Å². The molecule has 0 saturated carbocycles. The SMILES string of the molecule is O=C(Cc1cc(-c2ccc(F)cc2)on1)Nc1ncccn1. The number of halogens is 1. The maximum absolute atomic E-state index is 12.9. The minimum absolute atomic E-state index is 0.0307. The molecule has 0 aliphatic rings. The van der Waals surface area contributed by atoms with Crippen molar-refractivity contribution in [2.24, 2.45) is 0 Å². The van der Waals surface area contributed by atoms with E-state index in [0.717, 1.165) is 0 Å². The molecule has 0 radical (unpaired) electrons. The van der Waals surface area contributed by atoms with E-state index in [0.29, 0.717) is 17.0 Å². The van der Waals surface area contributed by atoms with Crippen LogP contribution in [0.2, 0.25) is 0 Å². The van der Waals surface area contributed by atoms with Crippen LogP contribution in [0.15, 0.2) is 53.3 Å². The maximum Gasteiger partial charge on any atom is 0.232 e. The molecule has 2 aromatic heterocycles. The first-order valence-electron chi connectivity index (χ1n) is 6.49. The van der Waals surface area contributed by atoms with E-state index in [1.54, 1.807) is 24.3 Å². The molecule has 7 heteroatoms. The molecular weight excluding hydrogens is 287 g/mol. The van der Waals surface area contributed by atoms with Crippen molar-refractivity contribution in [3.63, 3.8) is 0 Å². The van der Waals surface area contributed by atoms with E-state index < -0.39 is 0 Å². The quantitative estimate of drug-likeness (QED) is 0.800. The van der Waals surface area contributed by atoms with Crippen LogP contribution in [0.5, 0.6) is 0 Å². The van der Waals surface area contributed by atoms with Crippen molar-refractivity contribution in [3.8, 4) is 11.3 Å². The van der Waals surface area contributed by atoms with E-state index in [1.165, 1.54) is 24.5 Å². The fraction of sp³-hybridized carbons (Fsp3) is 0.0667. The number of nitrogens with one attached hydrogen (secondary N) is 1. The number of rotatable bonds is 4. The van der Waals surface area contributed by atoms with Crippen LogP contribution in [0.4, 0.5) is 10.3 Å². The molecule has 1 aromatic carbocycles. The number of carbonyl (C=O) groups is 1. The molecule has 22 heavy (non-hydrogen) atoms. The lowest BCUT2D eigenvalue weighted by Gasteiger charge is -2.00. The summed E-state index contributed by atoms with van der Waals surface area (Å²) in [5.41, 5.74) is 1.15. The summed E-state index contributed by atoms with van der Waals surface area (Å²) < 4.78 is 18.0. The van der Waals surface area contributed by atoms with Gasteiger partial charge in [0, 0.05) is 24.0 Å². The van der Waals surface area contributed by atoms with E-state index in [9.17, 15) is 9.18 Å². The average Bonchev–Trinajstić information content (AvgIpc) is 2.97. The van der Waals surface area contributed by atoms with Crippen LogP contribution in [0, 0.1) is 5.82 Å². The molecular formula is C15H11FN4O2. The van der Waals surface area contributed by atoms with Gasteiger partial charge in [0.05, 0.1) is 12.1 Å². The van der Waals surface area contributed by atoms with Gasteiger partial charge in [0.1, 0.15) is 5.82 Å². The van der Waals surface area contributed by atoms with Crippen molar-refractivity contribution in [1.82, 2.24) is 15.1 Å². The summed E-state index contributed by atoms with van der Waals surface area (Å²) in [7, 11) is 0. The monoisotopic (exact) mass is 298 g/mol. The summed E-state index contributed by atoms with van der Waals surface area (Å²) >= 11 is 0. The van der Waals surface area contributed by atoms with Gasteiger partial charge < -0.3 is 4.52 Å². The smallest absolute Gasteiger partial charge is 0.232 e. The minimum atomic E-state index is -0.328. The zero-order valence-electron chi connectivity index (χ0n) is 11.4. The molecule has 0 aliphatic heterocycles. The Morgan fingerprint density at radius 1 is 1.18 bits per heavy atom. The van der Waals surface area contributed by atoms with Gasteiger partial charge in [-0.1, -0.05) is 5.16 Å². The van der Waals surface area contributed by atoms with Gasteiger partial charge in [0.2, 0.25) is 11.9 Å². The van der Waals surface area contributed by atoms with Crippen molar-refractivity contribution in [3.05, 3.63) is 60.3 Å². The molecule has 0 fully saturated rings. The molecule has 0 spiro atoms. The Labute approximate surface area is 125 Å². The molecule has 0 aliphatic carbocycles. The van der Waals surface area contributed by atoms with Crippen LogP contribution < -0.4 is 5.32 Å². The average molecular weight is 298 g/mol. The second kappa shape index (κ2) is 6.13. The minimum Gasteiger partial charge on any atom is -0.356 e. The first kappa shape index (κ1) is 13.9. The fourth-order valence-electron chi connectivity index (χ4n) is 1.84. The Morgan fingerprint density at radius 3 is 2.64 bits per heavy atom. The molecule has 0 unspecified atom stereocenters. The maximum atomic E-state index is 12.9. The summed E-state index contributed by atoms with van der Waals surface area (Å²) in [6.07, 6.45) is 3.10. The topological polar surface area (TPSA) is 80.9 Å². The fourth-order valence-corrected chi connectivity index (χ4v) is 1.84. The van der Waals surface area contributed by atoms with Crippen molar-refractivity contribution >= 4 is 11.9 Å². The van der Waals surface area contributed by atoms with Gasteiger partial charge >= 0.3 is 0 Å². The van der Waals surface area contributed by atoms with Gasteiger partial charge in [-0.15, -0.1) is 0 Å². The summed E-state index contributed by atoms with van der Waals surface area (Å²) in [6, 6.07) is 9.11. The zero-order chi connectivity index (χ0) is 15.4. The van der Waals surface area contributed by atoms with Gasteiger partial charge in [0.15, 0.2) is 5.76 Å². The summed E-state index contributed by atoms with van der Waals surface area (Å²) in [4.78, 5) is 19.6. The Bertz CT molecular complexity index is 772. The molecule has 0 atom stereocenters. The molecule has 1 amide bonds. The van der Waals surface area contributed by atoms with Crippen molar-refractivity contribution in [1.29, 1.82) is 0 Å².